The number of nitrogen functional groups attached to an aromatic ring is 1. The third kappa shape index (κ3) is 2.56. The van der Waals surface area contributed by atoms with E-state index in [-0.39, 0.29) is 17.8 Å². The molecule has 94 valence electrons. The van der Waals surface area contributed by atoms with Gasteiger partial charge in [-0.05, 0) is 25.0 Å². The van der Waals surface area contributed by atoms with E-state index >= 15 is 0 Å². The Balaban J connectivity index is 2.24. The molecule has 1 aromatic heterocycles. The molecule has 0 fully saturated rings. The molecule has 0 aliphatic carbocycles. The van der Waals surface area contributed by atoms with Gasteiger partial charge in [-0.2, -0.15) is 4.98 Å². The number of nitrogens with two attached hydrogens (primary N) is 1. The zero-order valence-electron chi connectivity index (χ0n) is 10.3. The number of anilines is 2. The first-order valence-electron chi connectivity index (χ1n) is 5.68. The maximum Gasteiger partial charge on any atom is 0.222 e. The Labute approximate surface area is 105 Å². The highest BCUT2D eigenvalue weighted by Crippen LogP contribution is 2.22. The molecule has 18 heavy (non-hydrogen) atoms. The molecule has 0 bridgehead atoms. The molecule has 0 aliphatic heterocycles. The van der Waals surface area contributed by atoms with Gasteiger partial charge in [0.1, 0.15) is 0 Å². The van der Waals surface area contributed by atoms with Gasteiger partial charge in [-0.15, -0.1) is 0 Å². The van der Waals surface area contributed by atoms with Crippen molar-refractivity contribution in [2.75, 3.05) is 11.1 Å². The van der Waals surface area contributed by atoms with Crippen LogP contribution in [0.3, 0.4) is 0 Å². The lowest BCUT2D eigenvalue weighted by Crippen LogP contribution is -2.12. The summed E-state index contributed by atoms with van der Waals surface area (Å²) in [5.74, 6) is -0.334. The average molecular weight is 246 g/mol. The minimum atomic E-state index is -0.510. The highest BCUT2D eigenvalue weighted by atomic mass is 19.1. The van der Waals surface area contributed by atoms with Crippen molar-refractivity contribution in [3.8, 4) is 0 Å². The predicted octanol–water partition coefficient (Wildman–Crippen LogP) is 2.68. The van der Waals surface area contributed by atoms with Gasteiger partial charge in [0.25, 0.3) is 0 Å². The monoisotopic (exact) mass is 246 g/mol. The van der Waals surface area contributed by atoms with Crippen LogP contribution in [0.4, 0.5) is 16.2 Å². The van der Waals surface area contributed by atoms with Gasteiger partial charge in [0.15, 0.2) is 11.6 Å². The van der Waals surface area contributed by atoms with Crippen LogP contribution >= 0.6 is 0 Å². The molecule has 2 rings (SSSR count). The zero-order chi connectivity index (χ0) is 13.1. The van der Waals surface area contributed by atoms with E-state index < -0.39 is 5.82 Å². The molecule has 0 aliphatic rings. The maximum absolute atomic E-state index is 13.5. The Kier molecular flexibility index (Phi) is 3.41. The fourth-order valence-electron chi connectivity index (χ4n) is 1.84. The summed E-state index contributed by atoms with van der Waals surface area (Å²) >= 11 is 0. The summed E-state index contributed by atoms with van der Waals surface area (Å²) in [5.41, 5.74) is 7.67. The number of halogens is 1. The summed E-state index contributed by atoms with van der Waals surface area (Å²) in [6, 6.07) is 7.86. The van der Waals surface area contributed by atoms with Crippen molar-refractivity contribution in [2.45, 2.75) is 19.9 Å². The van der Waals surface area contributed by atoms with Crippen LogP contribution in [-0.4, -0.2) is 9.97 Å². The highest BCUT2D eigenvalue weighted by Gasteiger charge is 2.12. The number of hydrogen-bond acceptors (Lipinski definition) is 4. The van der Waals surface area contributed by atoms with E-state index in [1.165, 1.54) is 0 Å². The molecule has 0 radical (unpaired) electrons. The number of nitrogens with zero attached hydrogens (tertiary/aromatic N) is 2. The van der Waals surface area contributed by atoms with Crippen molar-refractivity contribution in [3.05, 3.63) is 47.4 Å². The lowest BCUT2D eigenvalue weighted by atomic mass is 10.0. The first kappa shape index (κ1) is 12.3. The van der Waals surface area contributed by atoms with Gasteiger partial charge in [0.2, 0.25) is 5.95 Å². The zero-order valence-corrected chi connectivity index (χ0v) is 10.3. The molecule has 2 aromatic rings. The predicted molar refractivity (Wildman–Crippen MR) is 69.6 cm³/mol. The van der Waals surface area contributed by atoms with Crippen LogP contribution in [-0.2, 0) is 0 Å². The SMILES string of the molecule is Cc1ccccc1C(C)Nc1nc(N)ncc1F. The van der Waals surface area contributed by atoms with E-state index in [2.05, 4.69) is 15.3 Å². The smallest absolute Gasteiger partial charge is 0.222 e. The lowest BCUT2D eigenvalue weighted by Gasteiger charge is -2.17. The normalized spacial score (nSPS) is 12.2. The van der Waals surface area contributed by atoms with Gasteiger partial charge in [0.05, 0.1) is 12.2 Å². The molecule has 0 amide bonds. The van der Waals surface area contributed by atoms with Crippen molar-refractivity contribution in [1.82, 2.24) is 9.97 Å². The molecule has 0 saturated carbocycles. The first-order chi connectivity index (χ1) is 8.58. The summed E-state index contributed by atoms with van der Waals surface area (Å²) in [5, 5.41) is 3.00. The van der Waals surface area contributed by atoms with Gasteiger partial charge in [-0.3, -0.25) is 0 Å². The first-order valence-corrected chi connectivity index (χ1v) is 5.68. The van der Waals surface area contributed by atoms with Gasteiger partial charge in [-0.1, -0.05) is 24.3 Å². The standard InChI is InChI=1S/C13H15FN4/c1-8-5-3-4-6-10(8)9(2)17-12-11(14)7-16-13(15)18-12/h3-7,9H,1-2H3,(H3,15,16,17,18). The van der Waals surface area contributed by atoms with Crippen molar-refractivity contribution < 1.29 is 4.39 Å². The van der Waals surface area contributed by atoms with Gasteiger partial charge < -0.3 is 11.1 Å². The summed E-state index contributed by atoms with van der Waals surface area (Å²) in [6.07, 6.45) is 1.06. The molecule has 4 nitrogen and oxygen atoms in total. The fraction of sp³-hybridized carbons (Fsp3) is 0.231. The largest absolute Gasteiger partial charge is 0.368 e. The van der Waals surface area contributed by atoms with Gasteiger partial charge in [-0.25, -0.2) is 9.37 Å². The summed E-state index contributed by atoms with van der Waals surface area (Å²) < 4.78 is 13.5. The Morgan fingerprint density at radius 1 is 1.33 bits per heavy atom. The van der Waals surface area contributed by atoms with Crippen molar-refractivity contribution in [2.24, 2.45) is 0 Å². The molecular weight excluding hydrogens is 231 g/mol. The molecule has 1 unspecified atom stereocenters. The van der Waals surface area contributed by atoms with E-state index in [1.54, 1.807) is 0 Å². The number of hydrogen-bond donors (Lipinski definition) is 2. The molecule has 0 saturated heterocycles. The van der Waals surface area contributed by atoms with Crippen LogP contribution in [0.1, 0.15) is 24.1 Å². The van der Waals surface area contributed by atoms with Crippen LogP contribution in [0, 0.1) is 12.7 Å². The Morgan fingerprint density at radius 3 is 2.78 bits per heavy atom. The highest BCUT2D eigenvalue weighted by molar-refractivity contribution is 5.43. The number of aryl methyl sites for hydroxylation is 1. The minimum Gasteiger partial charge on any atom is -0.368 e. The van der Waals surface area contributed by atoms with E-state index in [9.17, 15) is 4.39 Å². The second-order valence-electron chi connectivity index (χ2n) is 4.15. The Bertz CT molecular complexity index is 556. The van der Waals surface area contributed by atoms with Crippen LogP contribution < -0.4 is 11.1 Å². The topological polar surface area (TPSA) is 63.8 Å². The molecule has 5 heteroatoms. The quantitative estimate of drug-likeness (QED) is 0.874. The van der Waals surface area contributed by atoms with E-state index in [0.717, 1.165) is 17.3 Å². The summed E-state index contributed by atoms with van der Waals surface area (Å²) in [6.45, 7) is 3.96. The average Bonchev–Trinajstić information content (AvgIpc) is 2.34. The van der Waals surface area contributed by atoms with E-state index in [0.29, 0.717) is 0 Å². The van der Waals surface area contributed by atoms with E-state index in [4.69, 9.17) is 5.73 Å². The van der Waals surface area contributed by atoms with Crippen molar-refractivity contribution in [3.63, 3.8) is 0 Å². The molecule has 3 N–H and O–H groups in total. The molecule has 1 atom stereocenters. The van der Waals surface area contributed by atoms with E-state index in [1.807, 2.05) is 38.1 Å². The second-order valence-corrected chi connectivity index (χ2v) is 4.15. The third-order valence-corrected chi connectivity index (χ3v) is 2.77. The Hall–Kier alpha value is -2.17. The van der Waals surface area contributed by atoms with Crippen LogP contribution in [0.15, 0.2) is 30.5 Å². The number of nitrogens with one attached hydrogen (secondary N) is 1. The lowest BCUT2D eigenvalue weighted by molar-refractivity contribution is 0.614. The number of rotatable bonds is 3. The summed E-state index contributed by atoms with van der Waals surface area (Å²) in [4.78, 5) is 7.44. The van der Waals surface area contributed by atoms with Crippen LogP contribution in [0.25, 0.3) is 0 Å². The third-order valence-electron chi connectivity index (χ3n) is 2.77. The molecule has 0 spiro atoms. The maximum atomic E-state index is 13.5. The molecule has 1 heterocycles. The van der Waals surface area contributed by atoms with Crippen LogP contribution in [0.2, 0.25) is 0 Å². The van der Waals surface area contributed by atoms with Crippen LogP contribution in [0.5, 0.6) is 0 Å². The minimum absolute atomic E-state index is 0.0517. The fourth-order valence-corrected chi connectivity index (χ4v) is 1.84. The number of aromatic nitrogens is 2. The molecule has 1 aromatic carbocycles. The molecular formula is C13H15FN4. The van der Waals surface area contributed by atoms with Gasteiger partial charge in [0, 0.05) is 0 Å². The van der Waals surface area contributed by atoms with Crippen molar-refractivity contribution in [1.29, 1.82) is 0 Å². The number of benzene rings is 1. The second kappa shape index (κ2) is 5.00. The summed E-state index contributed by atoms with van der Waals surface area (Å²) in [7, 11) is 0. The Morgan fingerprint density at radius 2 is 2.06 bits per heavy atom. The van der Waals surface area contributed by atoms with Gasteiger partial charge >= 0.3 is 0 Å². The van der Waals surface area contributed by atoms with Crippen molar-refractivity contribution >= 4 is 11.8 Å².